The quantitative estimate of drug-likeness (QED) is 0.823. The van der Waals surface area contributed by atoms with Crippen LogP contribution in [0.1, 0.15) is 18.9 Å². The maximum atomic E-state index is 11.4. The number of halogens is 1. The van der Waals surface area contributed by atoms with Crippen LogP contribution in [-0.4, -0.2) is 33.3 Å². The fourth-order valence-corrected chi connectivity index (χ4v) is 2.74. The molecule has 9 heteroatoms. The molecule has 0 aliphatic heterocycles. The van der Waals surface area contributed by atoms with Crippen molar-refractivity contribution in [2.24, 2.45) is 0 Å². The van der Waals surface area contributed by atoms with Gasteiger partial charge >= 0.3 is 0 Å². The molecule has 3 rings (SSSR count). The zero-order valence-electron chi connectivity index (χ0n) is 10.4. The Morgan fingerprint density at radius 3 is 2.60 bits per heavy atom. The van der Waals surface area contributed by atoms with E-state index in [1.807, 2.05) is 4.68 Å². The maximum absolute atomic E-state index is 11.4. The highest BCUT2D eigenvalue weighted by molar-refractivity contribution is 9.10. The summed E-state index contributed by atoms with van der Waals surface area (Å²) in [7, 11) is -3.33. The van der Waals surface area contributed by atoms with Gasteiger partial charge < -0.3 is 0 Å². The third kappa shape index (κ3) is 2.83. The Bertz CT molecular complexity index is 709. The minimum atomic E-state index is -3.33. The van der Waals surface area contributed by atoms with Crippen molar-refractivity contribution >= 4 is 31.6 Å². The molecular weight excluding hydrogens is 346 g/mol. The summed E-state index contributed by atoms with van der Waals surface area (Å²) in [6.45, 7) is 0. The van der Waals surface area contributed by atoms with Crippen molar-refractivity contribution < 1.29 is 8.42 Å². The lowest BCUT2D eigenvalue weighted by Crippen LogP contribution is -2.12. The SMILES string of the molecule is O=S(=O)(CBr)Nc1ccc(-c2nnnn2C2CC2)cc1. The van der Waals surface area contributed by atoms with Crippen LogP contribution in [0.25, 0.3) is 11.4 Å². The summed E-state index contributed by atoms with van der Waals surface area (Å²) in [5, 5.41) is 11.7. The first-order chi connectivity index (χ1) is 9.59. The van der Waals surface area contributed by atoms with E-state index in [1.54, 1.807) is 24.3 Å². The molecule has 1 fully saturated rings. The number of anilines is 1. The van der Waals surface area contributed by atoms with Gasteiger partial charge in [-0.3, -0.25) is 4.72 Å². The Labute approximate surface area is 124 Å². The molecule has 0 bridgehead atoms. The molecule has 1 aliphatic carbocycles. The standard InChI is InChI=1S/C11H12BrN5O2S/c12-7-20(18,19)14-9-3-1-8(2-4-9)11-13-15-16-17(11)10-5-6-10/h1-4,10,14H,5-7H2. The Morgan fingerprint density at radius 2 is 2.00 bits per heavy atom. The van der Waals surface area contributed by atoms with Crippen LogP contribution < -0.4 is 4.72 Å². The number of tetrazole rings is 1. The van der Waals surface area contributed by atoms with Crippen LogP contribution in [-0.2, 0) is 10.0 Å². The highest BCUT2D eigenvalue weighted by Gasteiger charge is 2.28. The second kappa shape index (κ2) is 5.13. The molecule has 7 nitrogen and oxygen atoms in total. The Kier molecular flexibility index (Phi) is 3.47. The number of nitrogens with zero attached hydrogens (tertiary/aromatic N) is 4. The predicted molar refractivity (Wildman–Crippen MR) is 77.9 cm³/mol. The maximum Gasteiger partial charge on any atom is 0.242 e. The molecule has 0 unspecified atom stereocenters. The van der Waals surface area contributed by atoms with E-state index in [1.165, 1.54) is 0 Å². The van der Waals surface area contributed by atoms with Crippen LogP contribution in [0.15, 0.2) is 24.3 Å². The molecule has 0 amide bonds. The first-order valence-corrected chi connectivity index (χ1v) is 8.81. The van der Waals surface area contributed by atoms with Gasteiger partial charge in [0.05, 0.1) is 6.04 Å². The second-order valence-electron chi connectivity index (χ2n) is 4.58. The van der Waals surface area contributed by atoms with Gasteiger partial charge in [0.25, 0.3) is 0 Å². The van der Waals surface area contributed by atoms with E-state index in [0.717, 1.165) is 18.4 Å². The van der Waals surface area contributed by atoms with Gasteiger partial charge in [0.2, 0.25) is 10.0 Å². The molecule has 20 heavy (non-hydrogen) atoms. The van der Waals surface area contributed by atoms with Crippen molar-refractivity contribution in [1.82, 2.24) is 20.2 Å². The molecule has 0 saturated heterocycles. The zero-order chi connectivity index (χ0) is 14.2. The summed E-state index contributed by atoms with van der Waals surface area (Å²) >= 11 is 2.93. The van der Waals surface area contributed by atoms with E-state index in [4.69, 9.17) is 0 Å². The third-order valence-electron chi connectivity index (χ3n) is 2.95. The number of rotatable bonds is 5. The van der Waals surface area contributed by atoms with Crippen LogP contribution in [0.5, 0.6) is 0 Å². The first-order valence-electron chi connectivity index (χ1n) is 6.04. The van der Waals surface area contributed by atoms with Crippen molar-refractivity contribution in [3.8, 4) is 11.4 Å². The number of sulfonamides is 1. The fraction of sp³-hybridized carbons (Fsp3) is 0.364. The normalized spacial score (nSPS) is 15.2. The molecule has 1 saturated carbocycles. The lowest BCUT2D eigenvalue weighted by molar-refractivity contribution is 0.606. The van der Waals surface area contributed by atoms with Crippen molar-refractivity contribution in [1.29, 1.82) is 0 Å². The monoisotopic (exact) mass is 357 g/mol. The van der Waals surface area contributed by atoms with E-state index >= 15 is 0 Å². The van der Waals surface area contributed by atoms with Crippen molar-refractivity contribution in [3.05, 3.63) is 24.3 Å². The van der Waals surface area contributed by atoms with Gasteiger partial charge in [-0.25, -0.2) is 13.1 Å². The summed E-state index contributed by atoms with van der Waals surface area (Å²) in [6.07, 6.45) is 2.20. The predicted octanol–water partition coefficient (Wildman–Crippen LogP) is 1.77. The van der Waals surface area contributed by atoms with Gasteiger partial charge in [0.1, 0.15) is 4.66 Å². The number of nitrogens with one attached hydrogen (secondary N) is 1. The summed E-state index contributed by atoms with van der Waals surface area (Å²) in [6, 6.07) is 7.39. The molecule has 0 atom stereocenters. The number of hydrogen-bond donors (Lipinski definition) is 1. The van der Waals surface area contributed by atoms with E-state index < -0.39 is 10.0 Å². The van der Waals surface area contributed by atoms with Crippen LogP contribution in [0, 0.1) is 0 Å². The number of alkyl halides is 1. The van der Waals surface area contributed by atoms with Crippen LogP contribution >= 0.6 is 15.9 Å². The van der Waals surface area contributed by atoms with Gasteiger partial charge in [0.15, 0.2) is 5.82 Å². The fourth-order valence-electron chi connectivity index (χ4n) is 1.84. The van der Waals surface area contributed by atoms with Gasteiger partial charge in [-0.05, 0) is 47.5 Å². The van der Waals surface area contributed by atoms with E-state index in [9.17, 15) is 8.42 Å². The van der Waals surface area contributed by atoms with E-state index in [-0.39, 0.29) is 4.66 Å². The van der Waals surface area contributed by atoms with Crippen LogP contribution in [0.4, 0.5) is 5.69 Å². The van der Waals surface area contributed by atoms with Gasteiger partial charge in [-0.1, -0.05) is 15.9 Å². The Hall–Kier alpha value is -1.48. The van der Waals surface area contributed by atoms with Crippen molar-refractivity contribution in [2.45, 2.75) is 18.9 Å². The molecule has 106 valence electrons. The van der Waals surface area contributed by atoms with Gasteiger partial charge in [0, 0.05) is 11.3 Å². The second-order valence-corrected chi connectivity index (χ2v) is 7.61. The lowest BCUT2D eigenvalue weighted by Gasteiger charge is -2.06. The lowest BCUT2D eigenvalue weighted by atomic mass is 10.2. The average molecular weight is 358 g/mol. The molecule has 1 N–H and O–H groups in total. The Morgan fingerprint density at radius 1 is 1.30 bits per heavy atom. The first kappa shape index (κ1) is 13.5. The third-order valence-corrected chi connectivity index (χ3v) is 5.59. The minimum Gasteiger partial charge on any atom is -0.283 e. The molecule has 1 aromatic carbocycles. The molecule has 0 spiro atoms. The summed E-state index contributed by atoms with van der Waals surface area (Å²) < 4.78 is 27.0. The van der Waals surface area contributed by atoms with Crippen molar-refractivity contribution in [3.63, 3.8) is 0 Å². The van der Waals surface area contributed by atoms with Crippen LogP contribution in [0.2, 0.25) is 0 Å². The van der Waals surface area contributed by atoms with E-state index in [2.05, 4.69) is 36.2 Å². The molecule has 1 heterocycles. The largest absolute Gasteiger partial charge is 0.283 e. The number of aromatic nitrogens is 4. The van der Waals surface area contributed by atoms with Gasteiger partial charge in [-0.2, -0.15) is 0 Å². The number of hydrogen-bond acceptors (Lipinski definition) is 5. The van der Waals surface area contributed by atoms with Crippen LogP contribution in [0.3, 0.4) is 0 Å². The summed E-state index contributed by atoms with van der Waals surface area (Å²) in [5.74, 6) is 0.711. The molecular formula is C11H12BrN5O2S. The van der Waals surface area contributed by atoms with E-state index in [0.29, 0.717) is 17.6 Å². The number of benzene rings is 1. The highest BCUT2D eigenvalue weighted by Crippen LogP contribution is 2.36. The zero-order valence-corrected chi connectivity index (χ0v) is 12.8. The summed E-state index contributed by atoms with van der Waals surface area (Å²) in [5.41, 5.74) is 1.38. The summed E-state index contributed by atoms with van der Waals surface area (Å²) in [4.78, 5) is 0. The minimum absolute atomic E-state index is 0.137. The molecule has 2 aromatic rings. The average Bonchev–Trinajstić information content (AvgIpc) is 3.17. The molecule has 1 aliphatic rings. The molecule has 1 aromatic heterocycles. The Balaban J connectivity index is 1.84. The topological polar surface area (TPSA) is 89.8 Å². The highest BCUT2D eigenvalue weighted by atomic mass is 79.9. The molecule has 0 radical (unpaired) electrons. The smallest absolute Gasteiger partial charge is 0.242 e. The van der Waals surface area contributed by atoms with Crippen molar-refractivity contribution in [2.75, 3.05) is 9.38 Å². The van der Waals surface area contributed by atoms with Gasteiger partial charge in [-0.15, -0.1) is 5.10 Å².